The molecule has 0 spiro atoms. The smallest absolute Gasteiger partial charge is 0.307 e. The molecular formula is C21H25NO4. The highest BCUT2D eigenvalue weighted by atomic mass is 16.5. The molecule has 0 heterocycles. The van der Waals surface area contributed by atoms with Crippen molar-refractivity contribution in [2.75, 3.05) is 11.9 Å². The highest BCUT2D eigenvalue weighted by Crippen LogP contribution is 2.20. The Hall–Kier alpha value is -2.82. The number of ether oxygens (including phenoxy) is 2. The molecule has 0 fully saturated rings. The topological polar surface area (TPSA) is 64.6 Å². The molecule has 0 saturated carbocycles. The van der Waals surface area contributed by atoms with Crippen LogP contribution in [0.4, 0.5) is 5.69 Å². The Morgan fingerprint density at radius 2 is 1.65 bits per heavy atom. The van der Waals surface area contributed by atoms with Gasteiger partial charge in [0.15, 0.2) is 6.10 Å². The molecule has 2 rings (SSSR count). The van der Waals surface area contributed by atoms with E-state index in [1.807, 2.05) is 44.2 Å². The Morgan fingerprint density at radius 1 is 1.00 bits per heavy atom. The van der Waals surface area contributed by atoms with Gasteiger partial charge in [0.25, 0.3) is 5.91 Å². The van der Waals surface area contributed by atoms with Gasteiger partial charge in [0.05, 0.1) is 13.0 Å². The molecule has 2 atom stereocenters. The molecule has 0 aliphatic carbocycles. The Bertz CT molecular complexity index is 713. The molecule has 2 aromatic rings. The van der Waals surface area contributed by atoms with E-state index in [0.717, 1.165) is 11.3 Å². The van der Waals surface area contributed by atoms with Crippen LogP contribution < -0.4 is 10.1 Å². The Labute approximate surface area is 154 Å². The summed E-state index contributed by atoms with van der Waals surface area (Å²) in [5.41, 5.74) is 1.69. The molecule has 138 valence electrons. The van der Waals surface area contributed by atoms with Gasteiger partial charge >= 0.3 is 5.97 Å². The van der Waals surface area contributed by atoms with Crippen molar-refractivity contribution in [2.24, 2.45) is 0 Å². The number of anilines is 1. The molecule has 0 aromatic heterocycles. The lowest BCUT2D eigenvalue weighted by Crippen LogP contribution is -2.30. The fraction of sp³-hybridized carbons (Fsp3) is 0.333. The number of benzene rings is 2. The molecule has 0 bridgehead atoms. The van der Waals surface area contributed by atoms with Crippen LogP contribution in [0.15, 0.2) is 54.6 Å². The van der Waals surface area contributed by atoms with Crippen molar-refractivity contribution in [2.45, 2.75) is 39.2 Å². The molecule has 0 aliphatic rings. The van der Waals surface area contributed by atoms with Crippen molar-refractivity contribution in [3.63, 3.8) is 0 Å². The van der Waals surface area contributed by atoms with Crippen molar-refractivity contribution in [1.82, 2.24) is 0 Å². The van der Waals surface area contributed by atoms with E-state index in [9.17, 15) is 9.59 Å². The summed E-state index contributed by atoms with van der Waals surface area (Å²) in [6.07, 6.45) is -0.637. The van der Waals surface area contributed by atoms with E-state index in [4.69, 9.17) is 9.47 Å². The van der Waals surface area contributed by atoms with Gasteiger partial charge in [-0.3, -0.25) is 9.59 Å². The first-order valence-corrected chi connectivity index (χ1v) is 8.77. The maximum absolute atomic E-state index is 12.2. The fourth-order valence-electron chi connectivity index (χ4n) is 2.49. The Kier molecular flexibility index (Phi) is 7.21. The minimum Gasteiger partial charge on any atom is -0.494 e. The zero-order chi connectivity index (χ0) is 18.9. The van der Waals surface area contributed by atoms with Crippen molar-refractivity contribution in [1.29, 1.82) is 0 Å². The molecule has 0 aliphatic heterocycles. The second-order valence-corrected chi connectivity index (χ2v) is 6.09. The van der Waals surface area contributed by atoms with E-state index >= 15 is 0 Å². The van der Waals surface area contributed by atoms with E-state index in [1.54, 1.807) is 31.2 Å². The predicted octanol–water partition coefficient (Wildman–Crippen LogP) is 4.15. The lowest BCUT2D eigenvalue weighted by Gasteiger charge is -2.16. The van der Waals surface area contributed by atoms with Crippen molar-refractivity contribution >= 4 is 17.6 Å². The maximum Gasteiger partial charge on any atom is 0.307 e. The number of esters is 1. The van der Waals surface area contributed by atoms with Gasteiger partial charge in [0.2, 0.25) is 0 Å². The minimum atomic E-state index is -0.864. The number of carbonyl (C=O) groups is 2. The van der Waals surface area contributed by atoms with Crippen LogP contribution in [0.25, 0.3) is 0 Å². The van der Waals surface area contributed by atoms with E-state index in [1.165, 1.54) is 0 Å². The zero-order valence-corrected chi connectivity index (χ0v) is 15.4. The number of hydrogen-bond acceptors (Lipinski definition) is 4. The highest BCUT2D eigenvalue weighted by Gasteiger charge is 2.20. The first-order valence-electron chi connectivity index (χ1n) is 8.77. The third kappa shape index (κ3) is 5.92. The maximum atomic E-state index is 12.2. The number of carbonyl (C=O) groups excluding carboxylic acids is 2. The van der Waals surface area contributed by atoms with Gasteiger partial charge in [0.1, 0.15) is 5.75 Å². The molecule has 1 amide bonds. The van der Waals surface area contributed by atoms with Gasteiger partial charge in [0, 0.05) is 5.69 Å². The van der Waals surface area contributed by atoms with Crippen LogP contribution in [0.3, 0.4) is 0 Å². The standard InChI is InChI=1S/C21H25NO4/c1-4-25-19-12-10-18(11-13-19)22-21(24)16(3)26-20(23)14-15(2)17-8-6-5-7-9-17/h5-13,15-16H,4,14H2,1-3H3,(H,22,24)/t15-,16+/m0/s1. The average molecular weight is 355 g/mol. The van der Waals surface area contributed by atoms with E-state index in [2.05, 4.69) is 5.32 Å². The number of hydrogen-bond donors (Lipinski definition) is 1. The molecule has 26 heavy (non-hydrogen) atoms. The van der Waals surface area contributed by atoms with Gasteiger partial charge in [-0.05, 0) is 49.6 Å². The molecule has 1 N–H and O–H groups in total. The minimum absolute atomic E-state index is 0.0325. The van der Waals surface area contributed by atoms with Gasteiger partial charge in [-0.15, -0.1) is 0 Å². The number of rotatable bonds is 8. The first-order chi connectivity index (χ1) is 12.5. The average Bonchev–Trinajstić information content (AvgIpc) is 2.64. The molecule has 0 radical (unpaired) electrons. The van der Waals surface area contributed by atoms with Gasteiger partial charge in [-0.25, -0.2) is 0 Å². The predicted molar refractivity (Wildman–Crippen MR) is 101 cm³/mol. The van der Waals surface area contributed by atoms with Gasteiger partial charge < -0.3 is 14.8 Å². The van der Waals surface area contributed by atoms with Crippen LogP contribution in [0, 0.1) is 0 Å². The van der Waals surface area contributed by atoms with Crippen LogP contribution in [0.5, 0.6) is 5.75 Å². The van der Waals surface area contributed by atoms with Crippen molar-refractivity contribution in [3.05, 3.63) is 60.2 Å². The molecular weight excluding hydrogens is 330 g/mol. The SMILES string of the molecule is CCOc1ccc(NC(=O)[C@@H](C)OC(=O)C[C@H](C)c2ccccc2)cc1. The highest BCUT2D eigenvalue weighted by molar-refractivity contribution is 5.95. The zero-order valence-electron chi connectivity index (χ0n) is 15.4. The van der Waals surface area contributed by atoms with E-state index in [-0.39, 0.29) is 18.2 Å². The number of amides is 1. The monoisotopic (exact) mass is 355 g/mol. The molecule has 0 unspecified atom stereocenters. The lowest BCUT2D eigenvalue weighted by molar-refractivity contribution is -0.153. The van der Waals surface area contributed by atoms with Gasteiger partial charge in [-0.2, -0.15) is 0 Å². The van der Waals surface area contributed by atoms with Crippen molar-refractivity contribution < 1.29 is 19.1 Å². The fourth-order valence-corrected chi connectivity index (χ4v) is 2.49. The summed E-state index contributed by atoms with van der Waals surface area (Å²) in [7, 11) is 0. The normalized spacial score (nSPS) is 12.7. The molecule has 2 aromatic carbocycles. The second-order valence-electron chi connectivity index (χ2n) is 6.09. The second kappa shape index (κ2) is 9.61. The Balaban J connectivity index is 1.83. The van der Waals surface area contributed by atoms with E-state index < -0.39 is 12.1 Å². The summed E-state index contributed by atoms with van der Waals surface area (Å²) in [5, 5.41) is 2.73. The van der Waals surface area contributed by atoms with Crippen molar-refractivity contribution in [3.8, 4) is 5.75 Å². The summed E-state index contributed by atoms with van der Waals surface area (Å²) in [4.78, 5) is 24.3. The third-order valence-electron chi connectivity index (χ3n) is 3.95. The summed E-state index contributed by atoms with van der Waals surface area (Å²) >= 11 is 0. The largest absolute Gasteiger partial charge is 0.494 e. The molecule has 0 saturated heterocycles. The van der Waals surface area contributed by atoms with Crippen LogP contribution in [0.1, 0.15) is 38.7 Å². The summed E-state index contributed by atoms with van der Waals surface area (Å²) in [6.45, 7) is 6.01. The quantitative estimate of drug-likeness (QED) is 0.723. The van der Waals surface area contributed by atoms with Crippen LogP contribution >= 0.6 is 0 Å². The first kappa shape index (κ1) is 19.5. The Morgan fingerprint density at radius 3 is 2.27 bits per heavy atom. The third-order valence-corrected chi connectivity index (χ3v) is 3.95. The van der Waals surface area contributed by atoms with Gasteiger partial charge in [-0.1, -0.05) is 37.3 Å². The van der Waals surface area contributed by atoms with Crippen LogP contribution in [-0.4, -0.2) is 24.6 Å². The lowest BCUT2D eigenvalue weighted by atomic mass is 9.98. The van der Waals surface area contributed by atoms with Crippen LogP contribution in [0.2, 0.25) is 0 Å². The summed E-state index contributed by atoms with van der Waals surface area (Å²) < 4.78 is 10.6. The molecule has 5 heteroatoms. The summed E-state index contributed by atoms with van der Waals surface area (Å²) in [5.74, 6) is 0.00974. The van der Waals surface area contributed by atoms with Crippen LogP contribution in [-0.2, 0) is 14.3 Å². The number of nitrogens with one attached hydrogen (secondary N) is 1. The van der Waals surface area contributed by atoms with E-state index in [0.29, 0.717) is 12.3 Å². The molecule has 5 nitrogen and oxygen atoms in total. The summed E-state index contributed by atoms with van der Waals surface area (Å²) in [6, 6.07) is 16.8.